The van der Waals surface area contributed by atoms with E-state index in [2.05, 4.69) is 20.7 Å². The van der Waals surface area contributed by atoms with Gasteiger partial charge in [-0.15, -0.1) is 0 Å². The van der Waals surface area contributed by atoms with Gasteiger partial charge in [0, 0.05) is 4.47 Å². The van der Waals surface area contributed by atoms with Gasteiger partial charge in [0.25, 0.3) is 0 Å². The minimum atomic E-state index is -4.02. The molecule has 0 spiro atoms. The van der Waals surface area contributed by atoms with E-state index in [0.29, 0.717) is 10.9 Å². The molecule has 0 heterocycles. The van der Waals surface area contributed by atoms with Crippen molar-refractivity contribution in [3.63, 3.8) is 0 Å². The molecule has 0 aliphatic rings. The molecule has 0 fully saturated rings. The van der Waals surface area contributed by atoms with Crippen LogP contribution in [0.15, 0.2) is 27.6 Å². The summed E-state index contributed by atoms with van der Waals surface area (Å²) in [6, 6.07) is 4.29. The Kier molecular flexibility index (Phi) is 5.60. The molecule has 0 radical (unpaired) electrons. The molecule has 112 valence electrons. The fourth-order valence-electron chi connectivity index (χ4n) is 1.75. The Balaban J connectivity index is 3.20. The quantitative estimate of drug-likeness (QED) is 0.789. The maximum absolute atomic E-state index is 12.3. The molecule has 0 saturated carbocycles. The molecule has 0 amide bonds. The molecular formula is C12H15BrClNO4S. The highest BCUT2D eigenvalue weighted by molar-refractivity contribution is 9.10. The van der Waals surface area contributed by atoms with Crippen LogP contribution in [0.25, 0.3) is 0 Å². The smallest absolute Gasteiger partial charge is 0.324 e. The number of nitrogens with one attached hydrogen (secondary N) is 1. The van der Waals surface area contributed by atoms with Crippen molar-refractivity contribution in [2.24, 2.45) is 0 Å². The fourth-order valence-corrected chi connectivity index (χ4v) is 4.18. The lowest BCUT2D eigenvalue weighted by Crippen LogP contribution is -2.51. The molecule has 8 heteroatoms. The van der Waals surface area contributed by atoms with Gasteiger partial charge >= 0.3 is 5.97 Å². The summed E-state index contributed by atoms with van der Waals surface area (Å²) < 4.78 is 27.4. The molecule has 1 aromatic rings. The van der Waals surface area contributed by atoms with Gasteiger partial charge in [0.2, 0.25) is 10.0 Å². The van der Waals surface area contributed by atoms with Crippen molar-refractivity contribution >= 4 is 43.5 Å². The van der Waals surface area contributed by atoms with Crippen LogP contribution in [0, 0.1) is 0 Å². The normalized spacial score (nSPS) is 14.8. The second-order valence-corrected chi connectivity index (χ2v) is 7.54. The highest BCUT2D eigenvalue weighted by atomic mass is 79.9. The largest absolute Gasteiger partial charge is 0.480 e. The number of aliphatic carboxylic acids is 1. The van der Waals surface area contributed by atoms with E-state index < -0.39 is 21.5 Å². The highest BCUT2D eigenvalue weighted by Crippen LogP contribution is 2.27. The monoisotopic (exact) mass is 383 g/mol. The molecule has 0 aromatic heterocycles. The molecular weight excluding hydrogens is 370 g/mol. The van der Waals surface area contributed by atoms with Gasteiger partial charge in [-0.3, -0.25) is 4.79 Å². The maximum atomic E-state index is 12.3. The summed E-state index contributed by atoms with van der Waals surface area (Å²) >= 11 is 9.08. The topological polar surface area (TPSA) is 83.5 Å². The minimum Gasteiger partial charge on any atom is -0.480 e. The van der Waals surface area contributed by atoms with Crippen molar-refractivity contribution in [1.29, 1.82) is 0 Å². The van der Waals surface area contributed by atoms with E-state index in [4.69, 9.17) is 11.6 Å². The van der Waals surface area contributed by atoms with Crippen molar-refractivity contribution < 1.29 is 18.3 Å². The predicted octanol–water partition coefficient (Wildman–Crippen LogP) is 3.02. The van der Waals surface area contributed by atoms with Crippen LogP contribution in [0.3, 0.4) is 0 Å². The molecule has 0 saturated heterocycles. The van der Waals surface area contributed by atoms with E-state index in [1.54, 1.807) is 6.92 Å². The van der Waals surface area contributed by atoms with Crippen LogP contribution >= 0.6 is 27.5 Å². The molecule has 1 aromatic carbocycles. The lowest BCUT2D eigenvalue weighted by atomic mass is 9.98. The van der Waals surface area contributed by atoms with E-state index in [-0.39, 0.29) is 16.3 Å². The molecule has 1 rings (SSSR count). The lowest BCUT2D eigenvalue weighted by Gasteiger charge is -2.25. The first-order valence-corrected chi connectivity index (χ1v) is 8.50. The van der Waals surface area contributed by atoms with Crippen LogP contribution < -0.4 is 4.72 Å². The third-order valence-electron chi connectivity index (χ3n) is 2.77. The Morgan fingerprint density at radius 1 is 1.50 bits per heavy atom. The van der Waals surface area contributed by atoms with Crippen molar-refractivity contribution in [3.05, 3.63) is 27.7 Å². The number of rotatable bonds is 6. The van der Waals surface area contributed by atoms with Gasteiger partial charge in [-0.25, -0.2) is 8.42 Å². The second kappa shape index (κ2) is 6.43. The lowest BCUT2D eigenvalue weighted by molar-refractivity contribution is -0.143. The average molecular weight is 385 g/mol. The first kappa shape index (κ1) is 17.4. The van der Waals surface area contributed by atoms with Crippen molar-refractivity contribution in [3.8, 4) is 0 Å². The Hall–Kier alpha value is -0.630. The zero-order chi connectivity index (χ0) is 15.6. The zero-order valence-electron chi connectivity index (χ0n) is 11.0. The Labute approximate surface area is 131 Å². The summed E-state index contributed by atoms with van der Waals surface area (Å²) in [6.45, 7) is 3.12. The molecule has 20 heavy (non-hydrogen) atoms. The number of carboxylic acids is 1. The van der Waals surface area contributed by atoms with Crippen LogP contribution in [-0.2, 0) is 14.8 Å². The first-order valence-electron chi connectivity index (χ1n) is 5.85. The van der Waals surface area contributed by atoms with Gasteiger partial charge in [0.05, 0.1) is 5.02 Å². The van der Waals surface area contributed by atoms with Crippen molar-refractivity contribution in [1.82, 2.24) is 4.72 Å². The maximum Gasteiger partial charge on any atom is 0.324 e. The number of halogens is 2. The Morgan fingerprint density at radius 2 is 2.10 bits per heavy atom. The minimum absolute atomic E-state index is 0.0242. The molecule has 1 unspecified atom stereocenters. The third-order valence-corrected chi connectivity index (χ3v) is 5.34. The molecule has 0 aliphatic carbocycles. The van der Waals surface area contributed by atoms with Crippen LogP contribution in [0.1, 0.15) is 26.7 Å². The van der Waals surface area contributed by atoms with E-state index in [1.807, 2.05) is 0 Å². The summed E-state index contributed by atoms with van der Waals surface area (Å²) in [6.07, 6.45) is 0.703. The number of hydrogen-bond acceptors (Lipinski definition) is 3. The number of carboxylic acid groups (broad SMARTS) is 1. The van der Waals surface area contributed by atoms with Crippen molar-refractivity contribution in [2.45, 2.75) is 37.1 Å². The van der Waals surface area contributed by atoms with Gasteiger partial charge in [-0.2, -0.15) is 4.72 Å². The molecule has 0 aliphatic heterocycles. The SMILES string of the molecule is CCCC(C)(NS(=O)(=O)c1ccc(Br)cc1Cl)C(=O)O. The second-order valence-electron chi connectivity index (χ2n) is 4.57. The first-order chi connectivity index (χ1) is 9.12. The van der Waals surface area contributed by atoms with E-state index >= 15 is 0 Å². The number of carbonyl (C=O) groups is 1. The molecule has 5 nitrogen and oxygen atoms in total. The van der Waals surface area contributed by atoms with Gasteiger partial charge in [0.15, 0.2) is 0 Å². The summed E-state index contributed by atoms with van der Waals surface area (Å²) in [5, 5.41) is 9.24. The molecule has 1 atom stereocenters. The third kappa shape index (κ3) is 3.94. The molecule has 2 N–H and O–H groups in total. The summed E-state index contributed by atoms with van der Waals surface area (Å²) in [4.78, 5) is 11.1. The summed E-state index contributed by atoms with van der Waals surface area (Å²) in [5.41, 5.74) is -1.57. The summed E-state index contributed by atoms with van der Waals surface area (Å²) in [5.74, 6) is -1.23. The van der Waals surface area contributed by atoms with Gasteiger partial charge in [0.1, 0.15) is 10.4 Å². The molecule has 0 bridgehead atoms. The Bertz CT molecular complexity index is 620. The number of hydrogen-bond donors (Lipinski definition) is 2. The number of sulfonamides is 1. The van der Waals surface area contributed by atoms with Crippen LogP contribution in [0.5, 0.6) is 0 Å². The fraction of sp³-hybridized carbons (Fsp3) is 0.417. The summed E-state index contributed by atoms with van der Waals surface area (Å²) in [7, 11) is -4.02. The van der Waals surface area contributed by atoms with Gasteiger partial charge in [-0.1, -0.05) is 40.9 Å². The Morgan fingerprint density at radius 3 is 2.55 bits per heavy atom. The van der Waals surface area contributed by atoms with Crippen molar-refractivity contribution in [2.75, 3.05) is 0 Å². The number of benzene rings is 1. The van der Waals surface area contributed by atoms with Gasteiger partial charge < -0.3 is 5.11 Å². The van der Waals surface area contributed by atoms with Crippen LogP contribution in [0.2, 0.25) is 5.02 Å². The van der Waals surface area contributed by atoms with Crippen LogP contribution in [0.4, 0.5) is 0 Å². The standard InChI is InChI=1S/C12H15BrClNO4S/c1-3-6-12(2,11(16)17)15-20(18,19)10-5-4-8(13)7-9(10)14/h4-5,7,15H,3,6H2,1-2H3,(H,16,17). The van der Waals surface area contributed by atoms with E-state index in [9.17, 15) is 18.3 Å². The predicted molar refractivity (Wildman–Crippen MR) is 80.4 cm³/mol. The highest BCUT2D eigenvalue weighted by Gasteiger charge is 2.37. The average Bonchev–Trinajstić information content (AvgIpc) is 2.27. The zero-order valence-corrected chi connectivity index (χ0v) is 14.1. The van der Waals surface area contributed by atoms with E-state index in [1.165, 1.54) is 25.1 Å². The van der Waals surface area contributed by atoms with Gasteiger partial charge in [-0.05, 0) is 31.5 Å². The van der Waals surface area contributed by atoms with E-state index in [0.717, 1.165) is 0 Å². The van der Waals surface area contributed by atoms with Crippen LogP contribution in [-0.4, -0.2) is 25.0 Å².